The molecule has 2 aromatic carbocycles. The van der Waals surface area contributed by atoms with Crippen molar-refractivity contribution in [3.63, 3.8) is 0 Å². The zero-order chi connectivity index (χ0) is 13.1. The lowest BCUT2D eigenvalue weighted by molar-refractivity contribution is 0.695. The van der Waals surface area contributed by atoms with Crippen molar-refractivity contribution >= 4 is 0 Å². The summed E-state index contributed by atoms with van der Waals surface area (Å²) in [5, 5.41) is 3.23. The summed E-state index contributed by atoms with van der Waals surface area (Å²) in [5.41, 5.74) is 7.71. The van der Waals surface area contributed by atoms with Crippen molar-refractivity contribution in [3.05, 3.63) is 78.7 Å². The molecule has 1 radical (unpaired) electrons. The molecule has 0 aliphatic rings. The molecule has 0 heterocycles. The van der Waals surface area contributed by atoms with Crippen molar-refractivity contribution in [1.29, 1.82) is 0 Å². The van der Waals surface area contributed by atoms with Gasteiger partial charge in [-0.2, -0.15) is 0 Å². The Balaban J connectivity index is 0.000000199. The van der Waals surface area contributed by atoms with E-state index in [0.29, 0.717) is 6.54 Å². The van der Waals surface area contributed by atoms with E-state index >= 15 is 0 Å². The molecular formula is C16H21N2. The number of nitrogens with two attached hydrogens (primary N) is 1. The standard InChI is InChI=1S/C9H14N2.C7H7/c10-6-7-11-8-9-4-2-1-3-5-9;1-7-5-3-2-4-6-7/h1-5,11H,6-8,10H2;2-6H,1H2. The van der Waals surface area contributed by atoms with Gasteiger partial charge in [-0.25, -0.2) is 0 Å². The summed E-state index contributed by atoms with van der Waals surface area (Å²) in [6.07, 6.45) is 0. The van der Waals surface area contributed by atoms with Gasteiger partial charge in [0.05, 0.1) is 0 Å². The van der Waals surface area contributed by atoms with Gasteiger partial charge in [0.25, 0.3) is 0 Å². The number of nitrogens with one attached hydrogen (secondary N) is 1. The maximum absolute atomic E-state index is 5.33. The van der Waals surface area contributed by atoms with Crippen LogP contribution in [0.5, 0.6) is 0 Å². The van der Waals surface area contributed by atoms with Gasteiger partial charge in [-0.15, -0.1) is 0 Å². The number of hydrogen-bond acceptors (Lipinski definition) is 2. The Morgan fingerprint density at radius 2 is 1.44 bits per heavy atom. The van der Waals surface area contributed by atoms with Gasteiger partial charge in [0.1, 0.15) is 0 Å². The van der Waals surface area contributed by atoms with Gasteiger partial charge in [-0.3, -0.25) is 0 Å². The third kappa shape index (κ3) is 6.84. The van der Waals surface area contributed by atoms with Crippen LogP contribution in [0.2, 0.25) is 0 Å². The van der Waals surface area contributed by atoms with Crippen LogP contribution in [0.3, 0.4) is 0 Å². The molecule has 0 atom stereocenters. The molecule has 0 saturated carbocycles. The van der Waals surface area contributed by atoms with Gasteiger partial charge >= 0.3 is 0 Å². The molecule has 0 saturated heterocycles. The Bertz CT molecular complexity index is 398. The minimum absolute atomic E-state index is 0.701. The van der Waals surface area contributed by atoms with Gasteiger partial charge in [-0.05, 0) is 18.1 Å². The summed E-state index contributed by atoms with van der Waals surface area (Å²) in [7, 11) is 0. The smallest absolute Gasteiger partial charge is 0.0206 e. The van der Waals surface area contributed by atoms with Gasteiger partial charge in [-0.1, -0.05) is 60.7 Å². The van der Waals surface area contributed by atoms with E-state index in [9.17, 15) is 0 Å². The van der Waals surface area contributed by atoms with Crippen LogP contribution in [0, 0.1) is 6.92 Å². The lowest BCUT2D eigenvalue weighted by atomic mass is 10.2. The molecular weight excluding hydrogens is 220 g/mol. The molecule has 0 aliphatic carbocycles. The fraction of sp³-hybridized carbons (Fsp3) is 0.188. The molecule has 2 nitrogen and oxygen atoms in total. The normalized spacial score (nSPS) is 9.44. The molecule has 2 rings (SSSR count). The minimum Gasteiger partial charge on any atom is -0.329 e. The van der Waals surface area contributed by atoms with Crippen LogP contribution in [0.4, 0.5) is 0 Å². The molecule has 2 aromatic rings. The summed E-state index contributed by atoms with van der Waals surface area (Å²) in [6.45, 7) is 6.22. The van der Waals surface area contributed by atoms with Crippen molar-refractivity contribution in [3.8, 4) is 0 Å². The minimum atomic E-state index is 0.701. The number of benzene rings is 2. The fourth-order valence-electron chi connectivity index (χ4n) is 1.41. The van der Waals surface area contributed by atoms with E-state index in [2.05, 4.69) is 24.4 Å². The summed E-state index contributed by atoms with van der Waals surface area (Å²) in [5.74, 6) is 0. The summed E-state index contributed by atoms with van der Waals surface area (Å²) in [6, 6.07) is 20.2. The van der Waals surface area contributed by atoms with Crippen molar-refractivity contribution < 1.29 is 0 Å². The van der Waals surface area contributed by atoms with Crippen molar-refractivity contribution in [1.82, 2.24) is 5.32 Å². The zero-order valence-corrected chi connectivity index (χ0v) is 10.7. The third-order valence-electron chi connectivity index (χ3n) is 2.34. The highest BCUT2D eigenvalue weighted by molar-refractivity contribution is 5.16. The summed E-state index contributed by atoms with van der Waals surface area (Å²) < 4.78 is 0. The second-order valence-corrected chi connectivity index (χ2v) is 3.94. The van der Waals surface area contributed by atoms with Gasteiger partial charge in [0.15, 0.2) is 0 Å². The van der Waals surface area contributed by atoms with E-state index in [1.54, 1.807) is 0 Å². The Hall–Kier alpha value is -1.64. The van der Waals surface area contributed by atoms with E-state index in [1.807, 2.05) is 48.5 Å². The van der Waals surface area contributed by atoms with Gasteiger partial charge in [0.2, 0.25) is 0 Å². The maximum atomic E-state index is 5.33. The Morgan fingerprint density at radius 1 is 0.889 bits per heavy atom. The molecule has 3 N–H and O–H groups in total. The van der Waals surface area contributed by atoms with Crippen LogP contribution >= 0.6 is 0 Å². The first-order chi connectivity index (χ1) is 8.83. The molecule has 2 heteroatoms. The highest BCUT2D eigenvalue weighted by Crippen LogP contribution is 1.96. The van der Waals surface area contributed by atoms with E-state index in [0.717, 1.165) is 18.7 Å². The Kier molecular flexibility index (Phi) is 7.53. The average Bonchev–Trinajstić information content (AvgIpc) is 2.42. The fourth-order valence-corrected chi connectivity index (χ4v) is 1.41. The second-order valence-electron chi connectivity index (χ2n) is 3.94. The first-order valence-electron chi connectivity index (χ1n) is 6.14. The van der Waals surface area contributed by atoms with Gasteiger partial charge < -0.3 is 11.1 Å². The van der Waals surface area contributed by atoms with Crippen LogP contribution < -0.4 is 11.1 Å². The quantitative estimate of drug-likeness (QED) is 0.808. The van der Waals surface area contributed by atoms with Crippen molar-refractivity contribution in [2.24, 2.45) is 5.73 Å². The average molecular weight is 241 g/mol. The Labute approximate surface area is 110 Å². The lowest BCUT2D eigenvalue weighted by Gasteiger charge is -2.01. The SMILES string of the molecule is NCCNCc1ccccc1.[CH2]c1ccccc1. The van der Waals surface area contributed by atoms with Gasteiger partial charge in [0, 0.05) is 19.6 Å². The third-order valence-corrected chi connectivity index (χ3v) is 2.34. The second kappa shape index (κ2) is 9.40. The first-order valence-corrected chi connectivity index (χ1v) is 6.14. The van der Waals surface area contributed by atoms with Crippen molar-refractivity contribution in [2.75, 3.05) is 13.1 Å². The van der Waals surface area contributed by atoms with Crippen LogP contribution in [0.15, 0.2) is 60.7 Å². The topological polar surface area (TPSA) is 38.0 Å². The Morgan fingerprint density at radius 3 is 1.89 bits per heavy atom. The molecule has 0 fully saturated rings. The molecule has 95 valence electrons. The molecule has 0 aliphatic heterocycles. The van der Waals surface area contributed by atoms with Crippen LogP contribution in [-0.2, 0) is 6.54 Å². The maximum Gasteiger partial charge on any atom is 0.0206 e. The lowest BCUT2D eigenvalue weighted by Crippen LogP contribution is -2.21. The van der Waals surface area contributed by atoms with E-state index in [4.69, 9.17) is 5.73 Å². The predicted molar refractivity (Wildman–Crippen MR) is 78.1 cm³/mol. The highest BCUT2D eigenvalue weighted by atomic mass is 14.9. The van der Waals surface area contributed by atoms with E-state index in [-0.39, 0.29) is 0 Å². The van der Waals surface area contributed by atoms with E-state index < -0.39 is 0 Å². The summed E-state index contributed by atoms with van der Waals surface area (Å²) in [4.78, 5) is 0. The first kappa shape index (κ1) is 14.4. The molecule has 18 heavy (non-hydrogen) atoms. The molecule has 0 amide bonds. The summed E-state index contributed by atoms with van der Waals surface area (Å²) >= 11 is 0. The van der Waals surface area contributed by atoms with E-state index in [1.165, 1.54) is 5.56 Å². The number of rotatable bonds is 4. The molecule has 0 aromatic heterocycles. The number of hydrogen-bond donors (Lipinski definition) is 2. The highest BCUT2D eigenvalue weighted by Gasteiger charge is 1.87. The van der Waals surface area contributed by atoms with Crippen LogP contribution in [0.1, 0.15) is 11.1 Å². The zero-order valence-electron chi connectivity index (χ0n) is 10.7. The predicted octanol–water partition coefficient (Wildman–Crippen LogP) is 2.60. The van der Waals surface area contributed by atoms with Crippen LogP contribution in [0.25, 0.3) is 0 Å². The molecule has 0 unspecified atom stereocenters. The van der Waals surface area contributed by atoms with Crippen LogP contribution in [-0.4, -0.2) is 13.1 Å². The largest absolute Gasteiger partial charge is 0.329 e. The van der Waals surface area contributed by atoms with Crippen molar-refractivity contribution in [2.45, 2.75) is 6.54 Å². The monoisotopic (exact) mass is 241 g/mol. The molecule has 0 spiro atoms. The molecule has 0 bridgehead atoms.